The van der Waals surface area contributed by atoms with Crippen LogP contribution >= 0.6 is 0 Å². The van der Waals surface area contributed by atoms with Gasteiger partial charge in [-0.05, 0) is 63.2 Å². The summed E-state index contributed by atoms with van der Waals surface area (Å²) in [4.78, 5) is 14.5. The molecule has 0 bridgehead atoms. The summed E-state index contributed by atoms with van der Waals surface area (Å²) in [6.07, 6.45) is 6.24. The van der Waals surface area contributed by atoms with Crippen molar-refractivity contribution in [3.05, 3.63) is 24.3 Å². The van der Waals surface area contributed by atoms with E-state index in [1.165, 1.54) is 12.8 Å². The van der Waals surface area contributed by atoms with Gasteiger partial charge in [-0.1, -0.05) is 6.07 Å². The lowest BCUT2D eigenvalue weighted by atomic mass is 9.93. The first-order valence-electron chi connectivity index (χ1n) is 9.63. The maximum atomic E-state index is 12.5. The van der Waals surface area contributed by atoms with Gasteiger partial charge in [0.05, 0.1) is 7.11 Å². The van der Waals surface area contributed by atoms with Crippen molar-refractivity contribution in [3.63, 3.8) is 0 Å². The van der Waals surface area contributed by atoms with Crippen LogP contribution < -0.4 is 15.4 Å². The molecule has 2 saturated heterocycles. The Bertz CT molecular complexity index is 550. The molecule has 5 nitrogen and oxygen atoms in total. The number of hydrogen-bond donors (Lipinski definition) is 2. The molecule has 0 radical (unpaired) electrons. The molecule has 0 atom stereocenters. The van der Waals surface area contributed by atoms with Crippen molar-refractivity contribution >= 4 is 11.6 Å². The molecule has 0 aromatic heterocycles. The van der Waals surface area contributed by atoms with Crippen LogP contribution in [0.3, 0.4) is 0 Å². The van der Waals surface area contributed by atoms with E-state index >= 15 is 0 Å². The van der Waals surface area contributed by atoms with Crippen molar-refractivity contribution in [2.24, 2.45) is 5.92 Å². The Kier molecular flexibility index (Phi) is 6.56. The first kappa shape index (κ1) is 18.1. The van der Waals surface area contributed by atoms with Crippen LogP contribution in [0.15, 0.2) is 24.3 Å². The maximum Gasteiger partial charge on any atom is 0.222 e. The number of methoxy groups -OCH3 is 1. The minimum absolute atomic E-state index is 0.346. The van der Waals surface area contributed by atoms with E-state index in [0.717, 1.165) is 69.2 Å². The number of anilines is 1. The highest BCUT2D eigenvalue weighted by atomic mass is 16.5. The monoisotopic (exact) mass is 345 g/mol. The van der Waals surface area contributed by atoms with E-state index in [2.05, 4.69) is 21.6 Å². The molecular weight excluding hydrogens is 314 g/mol. The Labute approximate surface area is 151 Å². The molecule has 2 heterocycles. The highest BCUT2D eigenvalue weighted by Gasteiger charge is 2.23. The predicted octanol–water partition coefficient (Wildman–Crippen LogP) is 2.88. The first-order valence-corrected chi connectivity index (χ1v) is 9.63. The van der Waals surface area contributed by atoms with Crippen LogP contribution in [0.2, 0.25) is 0 Å². The minimum atomic E-state index is 0.346. The number of nitrogens with one attached hydrogen (secondary N) is 2. The predicted molar refractivity (Wildman–Crippen MR) is 101 cm³/mol. The fraction of sp³-hybridized carbons (Fsp3) is 0.650. The second-order valence-electron chi connectivity index (χ2n) is 7.26. The third-order valence-electron chi connectivity index (χ3n) is 5.51. The summed E-state index contributed by atoms with van der Waals surface area (Å²) in [6.45, 7) is 3.96. The second-order valence-corrected chi connectivity index (χ2v) is 7.26. The summed E-state index contributed by atoms with van der Waals surface area (Å²) in [7, 11) is 1.69. The average Bonchev–Trinajstić information content (AvgIpc) is 2.67. The standard InChI is InChI=1S/C20H31N3O2/c1-25-19-4-2-3-18(15-19)22-17-9-13-23(14-10-17)20(24)6-5-16-7-11-21-12-8-16/h2-4,15-17,21-22H,5-14H2,1H3. The van der Waals surface area contributed by atoms with Gasteiger partial charge in [0, 0.05) is 37.3 Å². The van der Waals surface area contributed by atoms with E-state index in [1.54, 1.807) is 7.11 Å². The van der Waals surface area contributed by atoms with E-state index in [9.17, 15) is 4.79 Å². The number of hydrogen-bond acceptors (Lipinski definition) is 4. The molecule has 25 heavy (non-hydrogen) atoms. The molecular formula is C20H31N3O2. The number of nitrogens with zero attached hydrogens (tertiary/aromatic N) is 1. The van der Waals surface area contributed by atoms with Crippen molar-refractivity contribution in [1.82, 2.24) is 10.2 Å². The fourth-order valence-corrected chi connectivity index (χ4v) is 3.88. The van der Waals surface area contributed by atoms with Crippen LogP contribution in [-0.4, -0.2) is 50.1 Å². The van der Waals surface area contributed by atoms with Gasteiger partial charge in [-0.25, -0.2) is 0 Å². The molecule has 1 aromatic carbocycles. The largest absolute Gasteiger partial charge is 0.497 e. The summed E-state index contributed by atoms with van der Waals surface area (Å²) in [6, 6.07) is 8.48. The van der Waals surface area contributed by atoms with Crippen LogP contribution in [0.4, 0.5) is 5.69 Å². The Balaban J connectivity index is 1.39. The SMILES string of the molecule is COc1cccc(NC2CCN(C(=O)CCC3CCNCC3)CC2)c1. The van der Waals surface area contributed by atoms with Gasteiger partial charge in [-0.15, -0.1) is 0 Å². The van der Waals surface area contributed by atoms with Crippen molar-refractivity contribution < 1.29 is 9.53 Å². The number of carbonyl (C=O) groups is 1. The van der Waals surface area contributed by atoms with Crippen molar-refractivity contribution in [2.75, 3.05) is 38.6 Å². The van der Waals surface area contributed by atoms with E-state index in [-0.39, 0.29) is 0 Å². The van der Waals surface area contributed by atoms with Crippen LogP contribution in [-0.2, 0) is 4.79 Å². The normalized spacial score (nSPS) is 19.6. The molecule has 2 aliphatic rings. The smallest absolute Gasteiger partial charge is 0.222 e. The van der Waals surface area contributed by atoms with Gasteiger partial charge in [0.1, 0.15) is 5.75 Å². The zero-order valence-corrected chi connectivity index (χ0v) is 15.3. The maximum absolute atomic E-state index is 12.5. The highest BCUT2D eigenvalue weighted by Crippen LogP contribution is 2.22. The zero-order chi connectivity index (χ0) is 17.5. The van der Waals surface area contributed by atoms with Crippen LogP contribution in [0.5, 0.6) is 5.75 Å². The number of rotatable bonds is 6. The molecule has 1 amide bonds. The molecule has 2 N–H and O–H groups in total. The number of amides is 1. The van der Waals surface area contributed by atoms with Crippen LogP contribution in [0.25, 0.3) is 0 Å². The Hall–Kier alpha value is -1.75. The van der Waals surface area contributed by atoms with Crippen molar-refractivity contribution in [2.45, 2.75) is 44.6 Å². The molecule has 0 spiro atoms. The Morgan fingerprint density at radius 1 is 1.24 bits per heavy atom. The molecule has 2 aliphatic heterocycles. The number of piperidine rings is 2. The summed E-state index contributed by atoms with van der Waals surface area (Å²) < 4.78 is 5.27. The van der Waals surface area contributed by atoms with E-state index in [0.29, 0.717) is 11.9 Å². The molecule has 0 saturated carbocycles. The minimum Gasteiger partial charge on any atom is -0.497 e. The Morgan fingerprint density at radius 2 is 2.00 bits per heavy atom. The van der Waals surface area contributed by atoms with Crippen LogP contribution in [0.1, 0.15) is 38.5 Å². The lowest BCUT2D eigenvalue weighted by molar-refractivity contribution is -0.132. The van der Waals surface area contributed by atoms with E-state index in [4.69, 9.17) is 4.74 Å². The van der Waals surface area contributed by atoms with E-state index < -0.39 is 0 Å². The van der Waals surface area contributed by atoms with Crippen LogP contribution in [0, 0.1) is 5.92 Å². The summed E-state index contributed by atoms with van der Waals surface area (Å²) in [5, 5.41) is 6.96. The Morgan fingerprint density at radius 3 is 2.72 bits per heavy atom. The average molecular weight is 345 g/mol. The second kappa shape index (κ2) is 9.09. The number of carbonyl (C=O) groups excluding carboxylic acids is 1. The summed E-state index contributed by atoms with van der Waals surface area (Å²) in [5.41, 5.74) is 1.09. The summed E-state index contributed by atoms with van der Waals surface area (Å²) >= 11 is 0. The lowest BCUT2D eigenvalue weighted by Crippen LogP contribution is -2.42. The third-order valence-corrected chi connectivity index (χ3v) is 5.51. The molecule has 2 fully saturated rings. The van der Waals surface area contributed by atoms with Gasteiger partial charge in [0.15, 0.2) is 0 Å². The van der Waals surface area contributed by atoms with Gasteiger partial charge in [-0.3, -0.25) is 4.79 Å². The molecule has 3 rings (SSSR count). The topological polar surface area (TPSA) is 53.6 Å². The van der Waals surface area contributed by atoms with Gasteiger partial charge in [-0.2, -0.15) is 0 Å². The van der Waals surface area contributed by atoms with Gasteiger partial charge >= 0.3 is 0 Å². The molecule has 5 heteroatoms. The fourth-order valence-electron chi connectivity index (χ4n) is 3.88. The molecule has 1 aromatic rings. The van der Waals surface area contributed by atoms with E-state index in [1.807, 2.05) is 18.2 Å². The van der Waals surface area contributed by atoms with Crippen molar-refractivity contribution in [1.29, 1.82) is 0 Å². The number of likely N-dealkylation sites (tertiary alicyclic amines) is 1. The lowest BCUT2D eigenvalue weighted by Gasteiger charge is -2.33. The van der Waals surface area contributed by atoms with Crippen molar-refractivity contribution in [3.8, 4) is 5.75 Å². The summed E-state index contributed by atoms with van der Waals surface area (Å²) in [5.74, 6) is 1.95. The van der Waals surface area contributed by atoms with Gasteiger partial charge < -0.3 is 20.3 Å². The van der Waals surface area contributed by atoms with Gasteiger partial charge in [0.2, 0.25) is 5.91 Å². The van der Waals surface area contributed by atoms with Gasteiger partial charge in [0.25, 0.3) is 0 Å². The molecule has 0 unspecified atom stereocenters. The quantitative estimate of drug-likeness (QED) is 0.832. The highest BCUT2D eigenvalue weighted by molar-refractivity contribution is 5.76. The number of ether oxygens (including phenoxy) is 1. The first-order chi connectivity index (χ1) is 12.2. The molecule has 138 valence electrons. The zero-order valence-electron chi connectivity index (χ0n) is 15.3. The third kappa shape index (κ3) is 5.36. The molecule has 0 aliphatic carbocycles. The number of benzene rings is 1.